The molecule has 0 saturated carbocycles. The molecule has 2 amide bonds. The van der Waals surface area contributed by atoms with E-state index in [-0.39, 0.29) is 38.0 Å². The minimum atomic E-state index is -1.10. The van der Waals surface area contributed by atoms with E-state index in [1.165, 1.54) is 12.1 Å². The largest absolute Gasteiger partial charge is 0.508 e. The second-order valence-electron chi connectivity index (χ2n) is 5.08. The summed E-state index contributed by atoms with van der Waals surface area (Å²) in [6.45, 7) is 0.159. The third-order valence-electron chi connectivity index (χ3n) is 3.13. The standard InChI is InChI=1S/C16H19N3O5/c17-8-1-9-18-16(24)13(19-14(21)6-7-15(22)23)10-11-2-4-12(20)5-3-11/h2-5,13,20H,1,6-7,9-10H2,(H,18,24)(H,19,21)(H,22,23). The molecule has 0 aliphatic carbocycles. The van der Waals surface area contributed by atoms with Crippen LogP contribution in [0, 0.1) is 11.3 Å². The fourth-order valence-electron chi connectivity index (χ4n) is 1.93. The Kier molecular flexibility index (Phi) is 7.78. The van der Waals surface area contributed by atoms with Crippen LogP contribution >= 0.6 is 0 Å². The van der Waals surface area contributed by atoms with Gasteiger partial charge < -0.3 is 20.8 Å². The molecule has 0 radical (unpaired) electrons. The van der Waals surface area contributed by atoms with Crippen molar-refractivity contribution in [3.63, 3.8) is 0 Å². The van der Waals surface area contributed by atoms with Crippen molar-refractivity contribution < 1.29 is 24.6 Å². The minimum Gasteiger partial charge on any atom is -0.508 e. The highest BCUT2D eigenvalue weighted by molar-refractivity contribution is 5.88. The number of hydrogen-bond donors (Lipinski definition) is 4. The molecule has 8 heteroatoms. The molecule has 0 heterocycles. The molecule has 1 atom stereocenters. The van der Waals surface area contributed by atoms with Gasteiger partial charge >= 0.3 is 5.97 Å². The number of phenolic OH excluding ortho intramolecular Hbond substituents is 1. The third-order valence-corrected chi connectivity index (χ3v) is 3.13. The normalized spacial score (nSPS) is 11.1. The monoisotopic (exact) mass is 333 g/mol. The van der Waals surface area contributed by atoms with Gasteiger partial charge in [0.15, 0.2) is 0 Å². The highest BCUT2D eigenvalue weighted by Gasteiger charge is 2.21. The van der Waals surface area contributed by atoms with Crippen LogP contribution in [0.15, 0.2) is 24.3 Å². The first-order valence-corrected chi connectivity index (χ1v) is 7.36. The van der Waals surface area contributed by atoms with Gasteiger partial charge in [0.25, 0.3) is 0 Å². The smallest absolute Gasteiger partial charge is 0.303 e. The number of carbonyl (C=O) groups excluding carboxylic acids is 2. The topological polar surface area (TPSA) is 140 Å². The van der Waals surface area contributed by atoms with Crippen LogP contribution in [-0.2, 0) is 20.8 Å². The van der Waals surface area contributed by atoms with Crippen molar-refractivity contribution in [3.05, 3.63) is 29.8 Å². The van der Waals surface area contributed by atoms with Crippen LogP contribution in [0.5, 0.6) is 5.75 Å². The van der Waals surface area contributed by atoms with Crippen LogP contribution in [0.2, 0.25) is 0 Å². The Hall–Kier alpha value is -3.08. The number of carboxylic acid groups (broad SMARTS) is 1. The predicted molar refractivity (Wildman–Crippen MR) is 83.9 cm³/mol. The average Bonchev–Trinajstić information content (AvgIpc) is 2.54. The number of aromatic hydroxyl groups is 1. The van der Waals surface area contributed by atoms with Gasteiger partial charge in [-0.15, -0.1) is 0 Å². The van der Waals surface area contributed by atoms with Gasteiger partial charge in [0, 0.05) is 19.4 Å². The fraction of sp³-hybridized carbons (Fsp3) is 0.375. The number of phenols is 1. The SMILES string of the molecule is N#CCCNC(=O)C(Cc1ccc(O)cc1)NC(=O)CCC(=O)O. The maximum absolute atomic E-state index is 12.2. The molecular formula is C16H19N3O5. The first-order valence-electron chi connectivity index (χ1n) is 7.36. The second kappa shape index (κ2) is 9.84. The van der Waals surface area contributed by atoms with Gasteiger partial charge in [-0.25, -0.2) is 0 Å². The molecule has 1 rings (SSSR count). The Morgan fingerprint density at radius 1 is 1.17 bits per heavy atom. The Balaban J connectivity index is 2.72. The summed E-state index contributed by atoms with van der Waals surface area (Å²) >= 11 is 0. The lowest BCUT2D eigenvalue weighted by atomic mass is 10.0. The van der Waals surface area contributed by atoms with Crippen molar-refractivity contribution in [2.24, 2.45) is 0 Å². The number of aliphatic carboxylic acids is 1. The molecule has 0 fully saturated rings. The molecule has 128 valence electrons. The summed E-state index contributed by atoms with van der Waals surface area (Å²) in [4.78, 5) is 34.5. The third kappa shape index (κ3) is 7.26. The summed E-state index contributed by atoms with van der Waals surface area (Å²) < 4.78 is 0. The molecule has 1 aromatic carbocycles. The number of amides is 2. The summed E-state index contributed by atoms with van der Waals surface area (Å²) in [5.74, 6) is -2.02. The summed E-state index contributed by atoms with van der Waals surface area (Å²) in [6.07, 6.45) is -0.233. The number of nitriles is 1. The number of nitrogens with zero attached hydrogens (tertiary/aromatic N) is 1. The number of carboxylic acids is 1. The molecule has 24 heavy (non-hydrogen) atoms. The van der Waals surface area contributed by atoms with Gasteiger partial charge in [-0.2, -0.15) is 5.26 Å². The lowest BCUT2D eigenvalue weighted by molar-refractivity contribution is -0.139. The van der Waals surface area contributed by atoms with Gasteiger partial charge in [-0.1, -0.05) is 12.1 Å². The number of benzene rings is 1. The van der Waals surface area contributed by atoms with Crippen LogP contribution in [0.25, 0.3) is 0 Å². The fourth-order valence-corrected chi connectivity index (χ4v) is 1.93. The highest BCUT2D eigenvalue weighted by Crippen LogP contribution is 2.11. The average molecular weight is 333 g/mol. The van der Waals surface area contributed by atoms with Gasteiger partial charge in [-0.05, 0) is 17.7 Å². The van der Waals surface area contributed by atoms with Crippen molar-refractivity contribution in [1.29, 1.82) is 5.26 Å². The summed E-state index contributed by atoms with van der Waals surface area (Å²) in [6, 6.07) is 7.17. The highest BCUT2D eigenvalue weighted by atomic mass is 16.4. The van der Waals surface area contributed by atoms with Crippen LogP contribution in [0.3, 0.4) is 0 Å². The number of hydrogen-bond acceptors (Lipinski definition) is 5. The molecule has 0 aromatic heterocycles. The Bertz CT molecular complexity index is 622. The lowest BCUT2D eigenvalue weighted by Crippen LogP contribution is -2.48. The van der Waals surface area contributed by atoms with Crippen LogP contribution in [0.4, 0.5) is 0 Å². The van der Waals surface area contributed by atoms with Gasteiger partial charge in [0.1, 0.15) is 11.8 Å². The first-order chi connectivity index (χ1) is 11.4. The van der Waals surface area contributed by atoms with Crippen molar-refractivity contribution in [2.75, 3.05) is 6.54 Å². The molecule has 1 unspecified atom stereocenters. The summed E-state index contributed by atoms with van der Waals surface area (Å²) in [5, 5.41) is 31.4. The van der Waals surface area contributed by atoms with Crippen molar-refractivity contribution >= 4 is 17.8 Å². The molecule has 0 aliphatic rings. The zero-order chi connectivity index (χ0) is 17.9. The maximum atomic E-state index is 12.2. The molecule has 4 N–H and O–H groups in total. The number of carbonyl (C=O) groups is 3. The van der Waals surface area contributed by atoms with Crippen LogP contribution < -0.4 is 10.6 Å². The van der Waals surface area contributed by atoms with Crippen LogP contribution in [-0.4, -0.2) is 40.6 Å². The Morgan fingerprint density at radius 3 is 2.42 bits per heavy atom. The molecule has 0 bridgehead atoms. The van der Waals surface area contributed by atoms with Crippen molar-refractivity contribution in [3.8, 4) is 11.8 Å². The van der Waals surface area contributed by atoms with E-state index < -0.39 is 23.8 Å². The first kappa shape index (κ1) is 19.0. The van der Waals surface area contributed by atoms with Crippen LogP contribution in [0.1, 0.15) is 24.8 Å². The zero-order valence-corrected chi connectivity index (χ0v) is 13.0. The van der Waals surface area contributed by atoms with E-state index in [1.54, 1.807) is 12.1 Å². The summed E-state index contributed by atoms with van der Waals surface area (Å²) in [5.41, 5.74) is 0.715. The van der Waals surface area contributed by atoms with Gasteiger partial charge in [0.05, 0.1) is 18.9 Å². The molecule has 0 saturated heterocycles. The van der Waals surface area contributed by atoms with E-state index >= 15 is 0 Å². The number of rotatable bonds is 9. The Labute approximate surface area is 139 Å². The van der Waals surface area contributed by atoms with E-state index in [0.717, 1.165) is 0 Å². The minimum absolute atomic E-state index is 0.0827. The van der Waals surface area contributed by atoms with Gasteiger partial charge in [-0.3, -0.25) is 14.4 Å². The quantitative estimate of drug-likeness (QED) is 0.480. The molecular weight excluding hydrogens is 314 g/mol. The predicted octanol–water partition coefficient (Wildman–Crippen LogP) is 0.314. The molecule has 0 aliphatic heterocycles. The van der Waals surface area contributed by atoms with Gasteiger partial charge in [0.2, 0.25) is 11.8 Å². The van der Waals surface area contributed by atoms with E-state index in [0.29, 0.717) is 5.56 Å². The van der Waals surface area contributed by atoms with E-state index in [4.69, 9.17) is 10.4 Å². The molecule has 1 aromatic rings. The molecule has 8 nitrogen and oxygen atoms in total. The lowest BCUT2D eigenvalue weighted by Gasteiger charge is -2.18. The zero-order valence-electron chi connectivity index (χ0n) is 13.0. The second-order valence-corrected chi connectivity index (χ2v) is 5.08. The Morgan fingerprint density at radius 2 is 1.83 bits per heavy atom. The van der Waals surface area contributed by atoms with E-state index in [9.17, 15) is 19.5 Å². The van der Waals surface area contributed by atoms with Crippen molar-refractivity contribution in [2.45, 2.75) is 31.7 Å². The van der Waals surface area contributed by atoms with E-state index in [1.807, 2.05) is 6.07 Å². The van der Waals surface area contributed by atoms with Crippen molar-refractivity contribution in [1.82, 2.24) is 10.6 Å². The maximum Gasteiger partial charge on any atom is 0.303 e. The molecule has 0 spiro atoms. The summed E-state index contributed by atoms with van der Waals surface area (Å²) in [7, 11) is 0. The number of nitrogens with one attached hydrogen (secondary N) is 2. The van der Waals surface area contributed by atoms with E-state index in [2.05, 4.69) is 10.6 Å².